The van der Waals surface area contributed by atoms with Gasteiger partial charge in [0.15, 0.2) is 0 Å². The maximum absolute atomic E-state index is 5.17. The zero-order chi connectivity index (χ0) is 8.15. The molecular formula is C7H17NO2. The van der Waals surface area contributed by atoms with Crippen molar-refractivity contribution >= 4 is 0 Å². The third-order valence-corrected chi connectivity index (χ3v) is 1.52. The number of hydrogen-bond donors (Lipinski definition) is 0. The van der Waals surface area contributed by atoms with Crippen molar-refractivity contribution < 1.29 is 9.47 Å². The van der Waals surface area contributed by atoms with Crippen LogP contribution in [0.3, 0.4) is 0 Å². The topological polar surface area (TPSA) is 21.7 Å². The predicted molar refractivity (Wildman–Crippen MR) is 41.0 cm³/mol. The molecule has 0 aromatic rings. The van der Waals surface area contributed by atoms with Gasteiger partial charge in [-0.1, -0.05) is 0 Å². The maximum atomic E-state index is 5.17. The van der Waals surface area contributed by atoms with Crippen molar-refractivity contribution in [3.05, 3.63) is 0 Å². The van der Waals surface area contributed by atoms with Gasteiger partial charge in [0.1, 0.15) is 6.23 Å². The number of ether oxygens (including phenoxy) is 2. The highest BCUT2D eigenvalue weighted by atomic mass is 16.5. The minimum absolute atomic E-state index is 0.0463. The van der Waals surface area contributed by atoms with Crippen molar-refractivity contribution in [1.82, 2.24) is 4.90 Å². The molecule has 10 heavy (non-hydrogen) atoms. The van der Waals surface area contributed by atoms with E-state index >= 15 is 0 Å². The van der Waals surface area contributed by atoms with Gasteiger partial charge < -0.3 is 9.47 Å². The van der Waals surface area contributed by atoms with Gasteiger partial charge in [0.2, 0.25) is 0 Å². The van der Waals surface area contributed by atoms with Gasteiger partial charge in [-0.3, -0.25) is 4.90 Å². The summed E-state index contributed by atoms with van der Waals surface area (Å²) in [4.78, 5) is 1.98. The molecule has 3 nitrogen and oxygen atoms in total. The van der Waals surface area contributed by atoms with Crippen LogP contribution in [0.2, 0.25) is 0 Å². The van der Waals surface area contributed by atoms with Crippen LogP contribution in [0, 0.1) is 0 Å². The van der Waals surface area contributed by atoms with Crippen LogP contribution >= 0.6 is 0 Å². The fourth-order valence-corrected chi connectivity index (χ4v) is 0.939. The zero-order valence-electron chi connectivity index (χ0n) is 7.42. The van der Waals surface area contributed by atoms with Gasteiger partial charge in [0.05, 0.1) is 6.10 Å². The quantitative estimate of drug-likeness (QED) is 0.542. The summed E-state index contributed by atoms with van der Waals surface area (Å²) < 4.78 is 10.3. The van der Waals surface area contributed by atoms with E-state index in [0.29, 0.717) is 0 Å². The summed E-state index contributed by atoms with van der Waals surface area (Å²) in [5.74, 6) is 0. The lowest BCUT2D eigenvalue weighted by atomic mass is 10.3. The van der Waals surface area contributed by atoms with Crippen LogP contribution in [-0.2, 0) is 9.47 Å². The number of likely N-dealkylation sites (N-methyl/N-ethyl adjacent to an activating group) is 1. The second-order valence-corrected chi connectivity index (χ2v) is 2.53. The second kappa shape index (κ2) is 4.66. The molecule has 0 fully saturated rings. The standard InChI is InChI=1S/C7H17NO2/c1-6(9-4)7(10-5)8(2)3/h6-7H,1-5H3. The highest BCUT2D eigenvalue weighted by molar-refractivity contribution is 4.61. The molecular weight excluding hydrogens is 130 g/mol. The van der Waals surface area contributed by atoms with E-state index in [9.17, 15) is 0 Å². The van der Waals surface area contributed by atoms with Gasteiger partial charge in [0, 0.05) is 14.2 Å². The van der Waals surface area contributed by atoms with Crippen LogP contribution in [0.4, 0.5) is 0 Å². The van der Waals surface area contributed by atoms with E-state index in [0.717, 1.165) is 0 Å². The molecule has 2 unspecified atom stereocenters. The van der Waals surface area contributed by atoms with Gasteiger partial charge in [-0.05, 0) is 21.0 Å². The molecule has 0 heterocycles. The SMILES string of the molecule is COC(C)C(OC)N(C)C. The third kappa shape index (κ3) is 2.64. The summed E-state index contributed by atoms with van der Waals surface area (Å²) in [5, 5.41) is 0. The van der Waals surface area contributed by atoms with Crippen molar-refractivity contribution in [1.29, 1.82) is 0 Å². The average Bonchev–Trinajstić information content (AvgIpc) is 1.88. The van der Waals surface area contributed by atoms with Gasteiger partial charge in [-0.25, -0.2) is 0 Å². The van der Waals surface area contributed by atoms with Crippen molar-refractivity contribution in [3.63, 3.8) is 0 Å². The van der Waals surface area contributed by atoms with Crippen LogP contribution in [0.25, 0.3) is 0 Å². The second-order valence-electron chi connectivity index (χ2n) is 2.53. The third-order valence-electron chi connectivity index (χ3n) is 1.52. The summed E-state index contributed by atoms with van der Waals surface area (Å²) in [5.41, 5.74) is 0. The summed E-state index contributed by atoms with van der Waals surface area (Å²) in [6.07, 6.45) is 0.157. The minimum Gasteiger partial charge on any atom is -0.378 e. The van der Waals surface area contributed by atoms with Crippen molar-refractivity contribution in [2.45, 2.75) is 19.3 Å². The lowest BCUT2D eigenvalue weighted by molar-refractivity contribution is -0.0945. The maximum Gasteiger partial charge on any atom is 0.135 e. The van der Waals surface area contributed by atoms with Crippen LogP contribution in [0.1, 0.15) is 6.92 Å². The van der Waals surface area contributed by atoms with E-state index in [4.69, 9.17) is 9.47 Å². The Morgan fingerprint density at radius 3 is 1.70 bits per heavy atom. The van der Waals surface area contributed by atoms with Crippen molar-refractivity contribution in [2.24, 2.45) is 0 Å². The van der Waals surface area contributed by atoms with Crippen molar-refractivity contribution in [2.75, 3.05) is 28.3 Å². The minimum atomic E-state index is 0.0463. The lowest BCUT2D eigenvalue weighted by Crippen LogP contribution is -2.39. The normalized spacial score (nSPS) is 17.4. The summed E-state index contributed by atoms with van der Waals surface area (Å²) in [6, 6.07) is 0. The van der Waals surface area contributed by atoms with Gasteiger partial charge in [0.25, 0.3) is 0 Å². The monoisotopic (exact) mass is 147 g/mol. The van der Waals surface area contributed by atoms with Crippen LogP contribution in [-0.4, -0.2) is 45.5 Å². The Hall–Kier alpha value is -0.120. The Kier molecular flexibility index (Phi) is 4.60. The molecule has 0 bridgehead atoms. The molecule has 2 atom stereocenters. The number of methoxy groups -OCH3 is 2. The molecule has 0 radical (unpaired) electrons. The first kappa shape index (κ1) is 9.88. The fourth-order valence-electron chi connectivity index (χ4n) is 0.939. The molecule has 0 saturated carbocycles. The molecule has 0 aromatic carbocycles. The van der Waals surface area contributed by atoms with Crippen LogP contribution < -0.4 is 0 Å². The Balaban J connectivity index is 3.80. The molecule has 0 aliphatic rings. The highest BCUT2D eigenvalue weighted by Gasteiger charge is 2.17. The molecule has 0 aliphatic carbocycles. The Bertz CT molecular complexity index is 85.7. The predicted octanol–water partition coefficient (Wildman–Crippen LogP) is 0.555. The highest BCUT2D eigenvalue weighted by Crippen LogP contribution is 2.03. The first-order valence-corrected chi connectivity index (χ1v) is 3.35. The summed E-state index contributed by atoms with van der Waals surface area (Å²) in [6.45, 7) is 1.98. The van der Waals surface area contributed by atoms with E-state index in [1.54, 1.807) is 14.2 Å². The Morgan fingerprint density at radius 2 is 1.60 bits per heavy atom. The van der Waals surface area contributed by atoms with Crippen LogP contribution in [0.15, 0.2) is 0 Å². The van der Waals surface area contributed by atoms with Gasteiger partial charge in [-0.15, -0.1) is 0 Å². The Labute approximate surface area is 62.9 Å². The molecule has 0 rings (SSSR count). The summed E-state index contributed by atoms with van der Waals surface area (Å²) in [7, 11) is 7.29. The first-order chi connectivity index (χ1) is 4.63. The molecule has 0 amide bonds. The van der Waals surface area contributed by atoms with Gasteiger partial charge in [-0.2, -0.15) is 0 Å². The first-order valence-electron chi connectivity index (χ1n) is 3.35. The van der Waals surface area contributed by atoms with E-state index in [1.165, 1.54) is 0 Å². The molecule has 0 aromatic heterocycles. The van der Waals surface area contributed by atoms with Gasteiger partial charge >= 0.3 is 0 Å². The Morgan fingerprint density at radius 1 is 1.10 bits per heavy atom. The van der Waals surface area contributed by atoms with E-state index in [1.807, 2.05) is 25.9 Å². The molecule has 3 heteroatoms. The molecule has 0 saturated heterocycles. The molecule has 0 aliphatic heterocycles. The van der Waals surface area contributed by atoms with E-state index < -0.39 is 0 Å². The molecule has 62 valence electrons. The molecule has 0 N–H and O–H groups in total. The zero-order valence-corrected chi connectivity index (χ0v) is 7.42. The van der Waals surface area contributed by atoms with Crippen LogP contribution in [0.5, 0.6) is 0 Å². The van der Waals surface area contributed by atoms with Crippen molar-refractivity contribution in [3.8, 4) is 0 Å². The largest absolute Gasteiger partial charge is 0.378 e. The molecule has 0 spiro atoms. The number of nitrogens with zero attached hydrogens (tertiary/aromatic N) is 1. The average molecular weight is 147 g/mol. The van der Waals surface area contributed by atoms with E-state index in [2.05, 4.69) is 0 Å². The number of hydrogen-bond acceptors (Lipinski definition) is 3. The van der Waals surface area contributed by atoms with E-state index in [-0.39, 0.29) is 12.3 Å². The summed E-state index contributed by atoms with van der Waals surface area (Å²) >= 11 is 0. The fraction of sp³-hybridized carbons (Fsp3) is 1.00. The smallest absolute Gasteiger partial charge is 0.135 e. The number of rotatable bonds is 4. The lowest BCUT2D eigenvalue weighted by Gasteiger charge is -2.27.